The van der Waals surface area contributed by atoms with Crippen LogP contribution in [-0.4, -0.2) is 11.0 Å². The molecule has 1 aliphatic rings. The summed E-state index contributed by atoms with van der Waals surface area (Å²) in [5, 5.41) is 7.13. The molecule has 1 unspecified atom stereocenters. The van der Waals surface area contributed by atoms with Crippen LogP contribution in [0.4, 0.5) is 0 Å². The van der Waals surface area contributed by atoms with E-state index in [0.29, 0.717) is 6.04 Å². The molecule has 1 aromatic carbocycles. The van der Waals surface area contributed by atoms with E-state index < -0.39 is 0 Å². The van der Waals surface area contributed by atoms with E-state index in [-0.39, 0.29) is 6.04 Å². The van der Waals surface area contributed by atoms with Gasteiger partial charge < -0.3 is 5.32 Å². The molecule has 0 amide bonds. The van der Waals surface area contributed by atoms with Gasteiger partial charge >= 0.3 is 0 Å². The van der Waals surface area contributed by atoms with E-state index in [9.17, 15) is 0 Å². The normalized spacial score (nSPS) is 16.4. The van der Waals surface area contributed by atoms with Crippen molar-refractivity contribution in [1.29, 1.82) is 0 Å². The Hall–Kier alpha value is -1.19. The van der Waals surface area contributed by atoms with Gasteiger partial charge in [0, 0.05) is 17.1 Å². The van der Waals surface area contributed by atoms with Gasteiger partial charge in [-0.2, -0.15) is 0 Å². The number of hydrogen-bond donors (Lipinski definition) is 1. The van der Waals surface area contributed by atoms with Crippen LogP contribution in [0.2, 0.25) is 0 Å². The van der Waals surface area contributed by atoms with E-state index in [4.69, 9.17) is 4.98 Å². The van der Waals surface area contributed by atoms with Gasteiger partial charge in [0.1, 0.15) is 5.01 Å². The minimum Gasteiger partial charge on any atom is -0.301 e. The lowest BCUT2D eigenvalue weighted by Crippen LogP contribution is -2.26. The third-order valence-electron chi connectivity index (χ3n) is 3.89. The van der Waals surface area contributed by atoms with Crippen molar-refractivity contribution in [3.05, 3.63) is 50.5 Å². The van der Waals surface area contributed by atoms with Crippen molar-refractivity contribution in [1.82, 2.24) is 10.3 Å². The number of aromatic nitrogens is 1. The van der Waals surface area contributed by atoms with E-state index >= 15 is 0 Å². The molecule has 20 heavy (non-hydrogen) atoms. The fourth-order valence-corrected chi connectivity index (χ4v) is 3.78. The fourth-order valence-electron chi connectivity index (χ4n) is 2.92. The average Bonchev–Trinajstić information content (AvgIpc) is 3.07. The first-order chi connectivity index (χ1) is 9.54. The summed E-state index contributed by atoms with van der Waals surface area (Å²) in [5.74, 6) is 0. The van der Waals surface area contributed by atoms with Crippen LogP contribution in [0.1, 0.15) is 51.8 Å². The molecule has 3 heteroatoms. The van der Waals surface area contributed by atoms with Gasteiger partial charge in [0.05, 0.1) is 6.04 Å². The maximum absolute atomic E-state index is 4.73. The van der Waals surface area contributed by atoms with E-state index in [1.165, 1.54) is 40.1 Å². The Kier molecular flexibility index (Phi) is 3.65. The Morgan fingerprint density at radius 3 is 2.30 bits per heavy atom. The summed E-state index contributed by atoms with van der Waals surface area (Å²) in [5.41, 5.74) is 6.61. The zero-order chi connectivity index (χ0) is 14.3. The SMILES string of the molecule is Cc1cc(C)c(C(NC2CC2)c2nc(C)cs2)c(C)c1. The lowest BCUT2D eigenvalue weighted by molar-refractivity contribution is 0.592. The Morgan fingerprint density at radius 2 is 1.80 bits per heavy atom. The Morgan fingerprint density at radius 1 is 1.15 bits per heavy atom. The lowest BCUT2D eigenvalue weighted by atomic mass is 9.94. The second-order valence-electron chi connectivity index (χ2n) is 6.01. The van der Waals surface area contributed by atoms with E-state index in [1.54, 1.807) is 11.3 Å². The second kappa shape index (κ2) is 5.30. The number of aryl methyl sites for hydroxylation is 4. The van der Waals surface area contributed by atoms with Crippen LogP contribution in [0, 0.1) is 27.7 Å². The highest BCUT2D eigenvalue weighted by Gasteiger charge is 2.29. The molecule has 106 valence electrons. The van der Waals surface area contributed by atoms with Gasteiger partial charge in [-0.15, -0.1) is 11.3 Å². The predicted molar refractivity (Wildman–Crippen MR) is 85.5 cm³/mol. The molecule has 1 N–H and O–H groups in total. The zero-order valence-corrected chi connectivity index (χ0v) is 13.5. The van der Waals surface area contributed by atoms with Crippen LogP contribution in [0.25, 0.3) is 0 Å². The predicted octanol–water partition coefficient (Wildman–Crippen LogP) is 4.22. The highest BCUT2D eigenvalue weighted by molar-refractivity contribution is 7.09. The summed E-state index contributed by atoms with van der Waals surface area (Å²) in [6.07, 6.45) is 2.59. The number of thiazole rings is 1. The highest BCUT2D eigenvalue weighted by Crippen LogP contribution is 2.34. The van der Waals surface area contributed by atoms with Gasteiger partial charge in [-0.05, 0) is 57.2 Å². The number of hydrogen-bond acceptors (Lipinski definition) is 3. The van der Waals surface area contributed by atoms with Gasteiger partial charge in [-0.25, -0.2) is 4.98 Å². The molecule has 3 rings (SSSR count). The molecule has 0 bridgehead atoms. The Balaban J connectivity index is 2.04. The largest absolute Gasteiger partial charge is 0.301 e. The summed E-state index contributed by atoms with van der Waals surface area (Å²) >= 11 is 1.77. The monoisotopic (exact) mass is 286 g/mol. The average molecular weight is 286 g/mol. The van der Waals surface area contributed by atoms with Gasteiger partial charge in [0.15, 0.2) is 0 Å². The third-order valence-corrected chi connectivity index (χ3v) is 4.92. The van der Waals surface area contributed by atoms with Crippen LogP contribution in [0.3, 0.4) is 0 Å². The molecule has 1 atom stereocenters. The molecule has 1 fully saturated rings. The van der Waals surface area contributed by atoms with Gasteiger partial charge in [0.25, 0.3) is 0 Å². The summed E-state index contributed by atoms with van der Waals surface area (Å²) in [7, 11) is 0. The molecular formula is C17H22N2S. The fraction of sp³-hybridized carbons (Fsp3) is 0.471. The molecule has 0 radical (unpaired) electrons. The van der Waals surface area contributed by atoms with Gasteiger partial charge in [0.2, 0.25) is 0 Å². The first-order valence-corrected chi connectivity index (χ1v) is 8.18. The van der Waals surface area contributed by atoms with Crippen LogP contribution in [0.15, 0.2) is 17.5 Å². The number of rotatable bonds is 4. The Bertz CT molecular complexity index is 603. The Labute approximate surface area is 125 Å². The maximum Gasteiger partial charge on any atom is 0.114 e. The van der Waals surface area contributed by atoms with Gasteiger partial charge in [-0.3, -0.25) is 0 Å². The highest BCUT2D eigenvalue weighted by atomic mass is 32.1. The number of benzene rings is 1. The first-order valence-electron chi connectivity index (χ1n) is 7.30. The third kappa shape index (κ3) is 2.79. The molecule has 1 aliphatic carbocycles. The van der Waals surface area contributed by atoms with Crippen LogP contribution in [0.5, 0.6) is 0 Å². The summed E-state index contributed by atoms with van der Waals surface area (Å²) < 4.78 is 0. The van der Waals surface area contributed by atoms with Crippen LogP contribution < -0.4 is 5.32 Å². The van der Waals surface area contributed by atoms with Crippen LogP contribution in [-0.2, 0) is 0 Å². The standard InChI is InChI=1S/C17H22N2S/c1-10-7-11(2)15(12(3)8-10)16(19-14-5-6-14)17-18-13(4)9-20-17/h7-9,14,16,19H,5-6H2,1-4H3. The van der Waals surface area contributed by atoms with E-state index in [2.05, 4.69) is 50.5 Å². The molecule has 2 aromatic rings. The molecule has 0 saturated heterocycles. The summed E-state index contributed by atoms with van der Waals surface area (Å²) in [6.45, 7) is 8.68. The molecule has 0 aliphatic heterocycles. The van der Waals surface area contributed by atoms with Crippen molar-refractivity contribution < 1.29 is 0 Å². The first kappa shape index (κ1) is 13.8. The van der Waals surface area contributed by atoms with Crippen molar-refractivity contribution in [2.24, 2.45) is 0 Å². The topological polar surface area (TPSA) is 24.9 Å². The molecule has 1 saturated carbocycles. The molecule has 1 heterocycles. The van der Waals surface area contributed by atoms with Crippen LogP contribution >= 0.6 is 11.3 Å². The van der Waals surface area contributed by atoms with E-state index in [0.717, 1.165) is 5.69 Å². The smallest absolute Gasteiger partial charge is 0.114 e. The minimum atomic E-state index is 0.252. The maximum atomic E-state index is 4.73. The summed E-state index contributed by atoms with van der Waals surface area (Å²) in [4.78, 5) is 4.73. The number of nitrogens with one attached hydrogen (secondary N) is 1. The second-order valence-corrected chi connectivity index (χ2v) is 6.90. The van der Waals surface area contributed by atoms with Crippen molar-refractivity contribution >= 4 is 11.3 Å². The van der Waals surface area contributed by atoms with Crippen molar-refractivity contribution in [3.63, 3.8) is 0 Å². The van der Waals surface area contributed by atoms with Crippen molar-refractivity contribution in [2.45, 2.75) is 52.6 Å². The quantitative estimate of drug-likeness (QED) is 0.910. The molecular weight excluding hydrogens is 264 g/mol. The van der Waals surface area contributed by atoms with Crippen molar-refractivity contribution in [2.75, 3.05) is 0 Å². The molecule has 2 nitrogen and oxygen atoms in total. The number of nitrogens with zero attached hydrogens (tertiary/aromatic N) is 1. The zero-order valence-electron chi connectivity index (χ0n) is 12.7. The molecule has 0 spiro atoms. The minimum absolute atomic E-state index is 0.252. The van der Waals surface area contributed by atoms with Crippen molar-refractivity contribution in [3.8, 4) is 0 Å². The summed E-state index contributed by atoms with van der Waals surface area (Å²) in [6, 6.07) is 5.49. The van der Waals surface area contributed by atoms with Gasteiger partial charge in [-0.1, -0.05) is 17.7 Å². The molecule has 1 aromatic heterocycles. The lowest BCUT2D eigenvalue weighted by Gasteiger charge is -2.22. The van der Waals surface area contributed by atoms with E-state index in [1.807, 2.05) is 0 Å².